The van der Waals surface area contributed by atoms with Crippen LogP contribution in [0.2, 0.25) is 0 Å². The van der Waals surface area contributed by atoms with E-state index in [1.54, 1.807) is 0 Å². The van der Waals surface area contributed by atoms with Crippen LogP contribution in [0, 0.1) is 11.3 Å². The van der Waals surface area contributed by atoms with E-state index in [4.69, 9.17) is 4.74 Å². The largest absolute Gasteiger partial charge is 0.458 e. The quantitative estimate of drug-likeness (QED) is 0.460. The summed E-state index contributed by atoms with van der Waals surface area (Å²) in [5.41, 5.74) is 1.35. The fraction of sp³-hybridized carbons (Fsp3) is 0.727. The second-order valence-electron chi connectivity index (χ2n) is 4.48. The molecule has 0 saturated carbocycles. The lowest BCUT2D eigenvalue weighted by Gasteiger charge is -2.31. The molecule has 2 heteroatoms. The molecule has 0 bridgehead atoms. The van der Waals surface area contributed by atoms with Gasteiger partial charge in [-0.05, 0) is 18.9 Å². The zero-order valence-corrected chi connectivity index (χ0v) is 9.05. The summed E-state index contributed by atoms with van der Waals surface area (Å²) >= 11 is 0. The number of esters is 1. The van der Waals surface area contributed by atoms with E-state index in [0.717, 1.165) is 0 Å². The van der Waals surface area contributed by atoms with Crippen LogP contribution in [0.1, 0.15) is 34.6 Å². The number of carbonyl (C=O) groups excluding carboxylic acids is 1. The van der Waals surface area contributed by atoms with E-state index in [1.165, 1.54) is 12.5 Å². The molecule has 1 aliphatic rings. The second kappa shape index (κ2) is 3.17. The van der Waals surface area contributed by atoms with Crippen molar-refractivity contribution in [2.24, 2.45) is 11.3 Å². The third-order valence-electron chi connectivity index (χ3n) is 3.24. The van der Waals surface area contributed by atoms with Crippen molar-refractivity contribution in [2.45, 2.75) is 40.7 Å². The molecule has 1 aliphatic carbocycles. The lowest BCUT2D eigenvalue weighted by atomic mass is 9.78. The molecule has 0 aromatic rings. The van der Waals surface area contributed by atoms with Crippen LogP contribution in [-0.4, -0.2) is 12.1 Å². The van der Waals surface area contributed by atoms with Gasteiger partial charge < -0.3 is 4.74 Å². The molecule has 0 spiro atoms. The normalized spacial score (nSPS) is 31.3. The Labute approximate surface area is 80.0 Å². The van der Waals surface area contributed by atoms with Crippen LogP contribution in [0.3, 0.4) is 0 Å². The number of allylic oxidation sites excluding steroid dienone is 1. The molecule has 2 unspecified atom stereocenters. The van der Waals surface area contributed by atoms with Crippen LogP contribution >= 0.6 is 0 Å². The lowest BCUT2D eigenvalue weighted by molar-refractivity contribution is -0.149. The Bertz CT molecular complexity index is 251. The first-order chi connectivity index (χ1) is 5.85. The molecule has 0 aliphatic heterocycles. The monoisotopic (exact) mass is 182 g/mol. The molecule has 1 rings (SSSR count). The Morgan fingerprint density at radius 2 is 2.08 bits per heavy atom. The lowest BCUT2D eigenvalue weighted by Crippen LogP contribution is -2.32. The summed E-state index contributed by atoms with van der Waals surface area (Å²) < 4.78 is 5.25. The molecule has 0 saturated heterocycles. The minimum atomic E-state index is -0.198. The highest BCUT2D eigenvalue weighted by atomic mass is 16.5. The fourth-order valence-electron chi connectivity index (χ4n) is 1.80. The molecule has 0 heterocycles. The standard InChI is InChI=1S/C11H18O2/c1-7-6-10(13-9(3)12)11(4,5)8(7)2/h6,8,10H,1-5H3. The van der Waals surface area contributed by atoms with Crippen molar-refractivity contribution in [1.82, 2.24) is 0 Å². The van der Waals surface area contributed by atoms with Crippen LogP contribution < -0.4 is 0 Å². The van der Waals surface area contributed by atoms with Gasteiger partial charge in [-0.25, -0.2) is 0 Å². The molecular formula is C11H18O2. The number of ether oxygens (including phenoxy) is 1. The van der Waals surface area contributed by atoms with E-state index in [9.17, 15) is 4.79 Å². The third-order valence-corrected chi connectivity index (χ3v) is 3.24. The van der Waals surface area contributed by atoms with Crippen molar-refractivity contribution >= 4 is 5.97 Å². The van der Waals surface area contributed by atoms with E-state index in [-0.39, 0.29) is 17.5 Å². The minimum Gasteiger partial charge on any atom is -0.458 e. The van der Waals surface area contributed by atoms with Gasteiger partial charge in [0.2, 0.25) is 0 Å². The number of carbonyl (C=O) groups is 1. The fourth-order valence-corrected chi connectivity index (χ4v) is 1.80. The molecule has 2 atom stereocenters. The highest BCUT2D eigenvalue weighted by Gasteiger charge is 2.41. The Kier molecular flexibility index (Phi) is 2.51. The molecule has 0 aromatic carbocycles. The summed E-state index contributed by atoms with van der Waals surface area (Å²) in [7, 11) is 0. The Morgan fingerprint density at radius 1 is 1.54 bits per heavy atom. The first-order valence-electron chi connectivity index (χ1n) is 4.71. The summed E-state index contributed by atoms with van der Waals surface area (Å²) in [4.78, 5) is 10.8. The Balaban J connectivity index is 2.82. The van der Waals surface area contributed by atoms with E-state index in [0.29, 0.717) is 5.92 Å². The summed E-state index contributed by atoms with van der Waals surface area (Å²) in [6, 6.07) is 0. The van der Waals surface area contributed by atoms with E-state index in [1.807, 2.05) is 0 Å². The zero-order chi connectivity index (χ0) is 10.2. The van der Waals surface area contributed by atoms with Crippen LogP contribution in [0.4, 0.5) is 0 Å². The zero-order valence-electron chi connectivity index (χ0n) is 9.05. The molecule has 0 N–H and O–H groups in total. The summed E-state index contributed by atoms with van der Waals surface area (Å²) in [5, 5.41) is 0. The third kappa shape index (κ3) is 1.77. The average Bonchev–Trinajstić information content (AvgIpc) is 2.15. The molecule has 0 fully saturated rings. The van der Waals surface area contributed by atoms with E-state index < -0.39 is 0 Å². The SMILES string of the molecule is CC(=O)OC1C=C(C)C(C)C1(C)C. The highest BCUT2D eigenvalue weighted by molar-refractivity contribution is 5.66. The maximum absolute atomic E-state index is 10.8. The predicted octanol–water partition coefficient (Wildman–Crippen LogP) is 2.54. The molecule has 0 radical (unpaired) electrons. The van der Waals surface area contributed by atoms with Gasteiger partial charge in [0, 0.05) is 12.3 Å². The minimum absolute atomic E-state index is 0.0375. The molecule has 74 valence electrons. The van der Waals surface area contributed by atoms with Gasteiger partial charge in [-0.2, -0.15) is 0 Å². The first-order valence-corrected chi connectivity index (χ1v) is 4.71. The van der Waals surface area contributed by atoms with Gasteiger partial charge >= 0.3 is 5.97 Å². The average molecular weight is 182 g/mol. The van der Waals surface area contributed by atoms with Crippen LogP contribution in [0.5, 0.6) is 0 Å². The Morgan fingerprint density at radius 3 is 2.38 bits per heavy atom. The number of hydrogen-bond donors (Lipinski definition) is 0. The maximum atomic E-state index is 10.8. The van der Waals surface area contributed by atoms with E-state index in [2.05, 4.69) is 33.8 Å². The van der Waals surface area contributed by atoms with Crippen molar-refractivity contribution in [2.75, 3.05) is 0 Å². The predicted molar refractivity (Wildman–Crippen MR) is 52.3 cm³/mol. The van der Waals surface area contributed by atoms with Crippen molar-refractivity contribution in [3.05, 3.63) is 11.6 Å². The van der Waals surface area contributed by atoms with Crippen molar-refractivity contribution in [1.29, 1.82) is 0 Å². The first kappa shape index (κ1) is 10.3. The molecule has 2 nitrogen and oxygen atoms in total. The Hall–Kier alpha value is -0.790. The summed E-state index contributed by atoms with van der Waals surface area (Å²) in [6.45, 7) is 10.0. The van der Waals surface area contributed by atoms with Crippen molar-refractivity contribution < 1.29 is 9.53 Å². The highest BCUT2D eigenvalue weighted by Crippen LogP contribution is 2.43. The number of rotatable bonds is 1. The van der Waals surface area contributed by atoms with E-state index >= 15 is 0 Å². The van der Waals surface area contributed by atoms with Crippen LogP contribution in [0.15, 0.2) is 11.6 Å². The van der Waals surface area contributed by atoms with Gasteiger partial charge in [0.1, 0.15) is 6.10 Å². The smallest absolute Gasteiger partial charge is 0.303 e. The van der Waals surface area contributed by atoms with Gasteiger partial charge in [0.15, 0.2) is 0 Å². The summed E-state index contributed by atoms with van der Waals surface area (Å²) in [5.74, 6) is 0.285. The van der Waals surface area contributed by atoms with Gasteiger partial charge in [-0.15, -0.1) is 0 Å². The molecule has 0 amide bonds. The van der Waals surface area contributed by atoms with Crippen molar-refractivity contribution in [3.8, 4) is 0 Å². The molecular weight excluding hydrogens is 164 g/mol. The second-order valence-corrected chi connectivity index (χ2v) is 4.48. The van der Waals surface area contributed by atoms with Gasteiger partial charge in [0.05, 0.1) is 0 Å². The number of hydrogen-bond acceptors (Lipinski definition) is 2. The van der Waals surface area contributed by atoms with Gasteiger partial charge in [0.25, 0.3) is 0 Å². The topological polar surface area (TPSA) is 26.3 Å². The van der Waals surface area contributed by atoms with Crippen LogP contribution in [0.25, 0.3) is 0 Å². The van der Waals surface area contributed by atoms with Crippen LogP contribution in [-0.2, 0) is 9.53 Å². The molecule has 0 aromatic heterocycles. The van der Waals surface area contributed by atoms with Gasteiger partial charge in [-0.1, -0.05) is 26.3 Å². The van der Waals surface area contributed by atoms with Gasteiger partial charge in [-0.3, -0.25) is 4.79 Å². The molecule has 13 heavy (non-hydrogen) atoms. The maximum Gasteiger partial charge on any atom is 0.303 e. The van der Waals surface area contributed by atoms with Crippen molar-refractivity contribution in [3.63, 3.8) is 0 Å². The summed E-state index contributed by atoms with van der Waals surface area (Å²) in [6.07, 6.45) is 2.01.